The number of carbonyl (C=O) groups is 1. The number of fused-ring (bicyclic) bond motifs is 1. The monoisotopic (exact) mass is 348 g/mol. The molecule has 0 atom stereocenters. The van der Waals surface area contributed by atoms with Crippen LogP contribution in [0.15, 0.2) is 52.5 Å². The summed E-state index contributed by atoms with van der Waals surface area (Å²) in [7, 11) is 0. The number of ketones is 1. The van der Waals surface area contributed by atoms with E-state index in [0.29, 0.717) is 21.9 Å². The van der Waals surface area contributed by atoms with Crippen LogP contribution in [0.4, 0.5) is 0 Å². The quantitative estimate of drug-likeness (QED) is 0.694. The number of hydrogen-bond donors (Lipinski definition) is 0. The zero-order valence-electron chi connectivity index (χ0n) is 10.4. The van der Waals surface area contributed by atoms with Crippen LogP contribution in [0, 0.1) is 0 Å². The lowest BCUT2D eigenvalue weighted by atomic mass is 9.98. The molecule has 0 fully saturated rings. The number of carbonyl (C=O) groups excluding carboxylic acids is 1. The Bertz CT molecular complexity index is 705. The van der Waals surface area contributed by atoms with Crippen molar-refractivity contribution in [2.75, 3.05) is 6.61 Å². The van der Waals surface area contributed by atoms with Gasteiger partial charge >= 0.3 is 0 Å². The molecular weight excluding hydrogens is 340 g/mol. The summed E-state index contributed by atoms with van der Waals surface area (Å²) in [5.41, 5.74) is 2.16. The molecule has 0 N–H and O–H groups in total. The van der Waals surface area contributed by atoms with Crippen molar-refractivity contribution in [1.29, 1.82) is 0 Å². The van der Waals surface area contributed by atoms with Gasteiger partial charge in [-0.15, -0.1) is 0 Å². The van der Waals surface area contributed by atoms with E-state index in [4.69, 9.17) is 16.3 Å². The van der Waals surface area contributed by atoms with E-state index in [1.165, 1.54) is 0 Å². The van der Waals surface area contributed by atoms with Crippen LogP contribution in [-0.4, -0.2) is 12.4 Å². The number of Topliss-reactive ketones (excluding diaryl/α,β-unsaturated/α-hetero) is 1. The molecule has 0 aromatic heterocycles. The van der Waals surface area contributed by atoms with Gasteiger partial charge in [-0.25, -0.2) is 0 Å². The van der Waals surface area contributed by atoms with E-state index in [2.05, 4.69) is 15.9 Å². The largest absolute Gasteiger partial charge is 0.488 e. The maximum Gasteiger partial charge on any atom is 0.196 e. The van der Waals surface area contributed by atoms with Crippen molar-refractivity contribution in [2.45, 2.75) is 0 Å². The van der Waals surface area contributed by atoms with Crippen molar-refractivity contribution >= 4 is 39.4 Å². The van der Waals surface area contributed by atoms with Gasteiger partial charge in [0.25, 0.3) is 0 Å². The second-order valence-corrected chi connectivity index (χ2v) is 5.83. The van der Waals surface area contributed by atoms with E-state index >= 15 is 0 Å². The number of ether oxygens (including phenoxy) is 1. The van der Waals surface area contributed by atoms with Crippen LogP contribution >= 0.6 is 27.5 Å². The number of benzene rings is 2. The Labute approximate surface area is 130 Å². The first-order valence-corrected chi connectivity index (χ1v) is 7.24. The summed E-state index contributed by atoms with van der Waals surface area (Å²) in [6.07, 6.45) is 1.84. The summed E-state index contributed by atoms with van der Waals surface area (Å²) in [6.45, 7) is 0.288. The molecule has 0 radical (unpaired) electrons. The summed E-state index contributed by atoms with van der Waals surface area (Å²) in [6, 6.07) is 12.8. The fourth-order valence-corrected chi connectivity index (χ4v) is 2.55. The Morgan fingerprint density at radius 1 is 1.15 bits per heavy atom. The predicted molar refractivity (Wildman–Crippen MR) is 83.4 cm³/mol. The van der Waals surface area contributed by atoms with Crippen molar-refractivity contribution in [1.82, 2.24) is 0 Å². The zero-order chi connectivity index (χ0) is 14.1. The SMILES string of the molecule is O=C1/C(=C\c2ccc(Cl)cc2)COc2ccc(Br)cc21. The fourth-order valence-electron chi connectivity index (χ4n) is 2.07. The molecule has 20 heavy (non-hydrogen) atoms. The molecular formula is C16H10BrClO2. The van der Waals surface area contributed by atoms with E-state index < -0.39 is 0 Å². The Morgan fingerprint density at radius 2 is 1.90 bits per heavy atom. The Morgan fingerprint density at radius 3 is 2.65 bits per heavy atom. The van der Waals surface area contributed by atoms with E-state index in [1.807, 2.05) is 24.3 Å². The Balaban J connectivity index is 1.97. The van der Waals surface area contributed by atoms with Gasteiger partial charge in [0.1, 0.15) is 12.4 Å². The van der Waals surface area contributed by atoms with Crippen LogP contribution in [0.2, 0.25) is 5.02 Å². The summed E-state index contributed by atoms with van der Waals surface area (Å²) in [5, 5.41) is 0.674. The minimum atomic E-state index is 0.00231. The van der Waals surface area contributed by atoms with Crippen LogP contribution in [0.5, 0.6) is 5.75 Å². The molecule has 0 amide bonds. The standard InChI is InChI=1S/C16H10BrClO2/c17-12-3-6-15-14(8-12)16(19)11(9-20-15)7-10-1-4-13(18)5-2-10/h1-8H,9H2/b11-7-. The molecule has 1 heterocycles. The number of hydrogen-bond acceptors (Lipinski definition) is 2. The maximum atomic E-state index is 12.4. The van der Waals surface area contributed by atoms with Crippen molar-refractivity contribution in [3.8, 4) is 5.75 Å². The van der Waals surface area contributed by atoms with Crippen LogP contribution in [0.1, 0.15) is 15.9 Å². The average Bonchev–Trinajstić information content (AvgIpc) is 2.45. The van der Waals surface area contributed by atoms with Gasteiger partial charge in [0, 0.05) is 15.1 Å². The van der Waals surface area contributed by atoms with Crippen LogP contribution in [0.3, 0.4) is 0 Å². The van der Waals surface area contributed by atoms with E-state index in [9.17, 15) is 4.79 Å². The third kappa shape index (κ3) is 2.65. The second kappa shape index (κ2) is 5.43. The minimum absolute atomic E-state index is 0.00231. The lowest BCUT2D eigenvalue weighted by Crippen LogP contribution is -2.18. The first-order chi connectivity index (χ1) is 9.63. The highest BCUT2D eigenvalue weighted by Crippen LogP contribution is 2.30. The van der Waals surface area contributed by atoms with Crippen molar-refractivity contribution in [2.24, 2.45) is 0 Å². The molecule has 1 aliphatic heterocycles. The maximum absolute atomic E-state index is 12.4. The molecule has 0 spiro atoms. The van der Waals surface area contributed by atoms with Gasteiger partial charge in [0.05, 0.1) is 5.56 Å². The highest BCUT2D eigenvalue weighted by Gasteiger charge is 2.23. The van der Waals surface area contributed by atoms with Gasteiger partial charge < -0.3 is 4.74 Å². The minimum Gasteiger partial charge on any atom is -0.488 e. The first-order valence-electron chi connectivity index (χ1n) is 6.07. The van der Waals surface area contributed by atoms with Gasteiger partial charge in [-0.1, -0.05) is 39.7 Å². The molecule has 0 saturated carbocycles. The smallest absolute Gasteiger partial charge is 0.196 e. The molecule has 0 saturated heterocycles. The fraction of sp³-hybridized carbons (Fsp3) is 0.0625. The number of halogens is 2. The molecule has 1 aliphatic rings. The van der Waals surface area contributed by atoms with Gasteiger partial charge in [0.2, 0.25) is 0 Å². The summed E-state index contributed by atoms with van der Waals surface area (Å²) < 4.78 is 6.48. The van der Waals surface area contributed by atoms with Crippen LogP contribution in [-0.2, 0) is 0 Å². The van der Waals surface area contributed by atoms with Gasteiger partial charge in [0.15, 0.2) is 5.78 Å². The lowest BCUT2D eigenvalue weighted by molar-refractivity contribution is 0.100. The van der Waals surface area contributed by atoms with Gasteiger partial charge in [-0.2, -0.15) is 0 Å². The molecule has 2 aromatic carbocycles. The molecule has 100 valence electrons. The van der Waals surface area contributed by atoms with E-state index in [-0.39, 0.29) is 12.4 Å². The Hall–Kier alpha value is -1.58. The molecule has 0 aliphatic carbocycles. The average molecular weight is 350 g/mol. The third-order valence-corrected chi connectivity index (χ3v) is 3.82. The van der Waals surface area contributed by atoms with Crippen molar-refractivity contribution in [3.63, 3.8) is 0 Å². The normalized spacial score (nSPS) is 15.9. The second-order valence-electron chi connectivity index (χ2n) is 4.48. The van der Waals surface area contributed by atoms with E-state index in [1.54, 1.807) is 24.3 Å². The van der Waals surface area contributed by atoms with Gasteiger partial charge in [-0.05, 0) is 42.0 Å². The number of rotatable bonds is 1. The lowest BCUT2D eigenvalue weighted by Gasteiger charge is -2.19. The molecule has 2 aromatic rings. The van der Waals surface area contributed by atoms with Crippen molar-refractivity contribution < 1.29 is 9.53 Å². The third-order valence-electron chi connectivity index (χ3n) is 3.07. The van der Waals surface area contributed by atoms with Crippen LogP contribution < -0.4 is 4.74 Å². The van der Waals surface area contributed by atoms with Gasteiger partial charge in [-0.3, -0.25) is 4.79 Å². The molecule has 0 unspecified atom stereocenters. The van der Waals surface area contributed by atoms with E-state index in [0.717, 1.165) is 10.0 Å². The topological polar surface area (TPSA) is 26.3 Å². The highest BCUT2D eigenvalue weighted by molar-refractivity contribution is 9.10. The summed E-state index contributed by atoms with van der Waals surface area (Å²) >= 11 is 9.22. The Kier molecular flexibility index (Phi) is 3.64. The summed E-state index contributed by atoms with van der Waals surface area (Å²) in [4.78, 5) is 12.4. The predicted octanol–water partition coefficient (Wildman–Crippen LogP) is 4.76. The molecule has 0 bridgehead atoms. The zero-order valence-corrected chi connectivity index (χ0v) is 12.7. The summed E-state index contributed by atoms with van der Waals surface area (Å²) in [5.74, 6) is 0.633. The highest BCUT2D eigenvalue weighted by atomic mass is 79.9. The molecule has 2 nitrogen and oxygen atoms in total. The van der Waals surface area contributed by atoms with Crippen molar-refractivity contribution in [3.05, 3.63) is 68.7 Å². The van der Waals surface area contributed by atoms with Crippen LogP contribution in [0.25, 0.3) is 6.08 Å². The molecule has 4 heteroatoms. The molecule has 3 rings (SSSR count). The first kappa shape index (κ1) is 13.4.